The normalized spacial score (nSPS) is 25.0. The van der Waals surface area contributed by atoms with Gasteiger partial charge in [0.1, 0.15) is 24.2 Å². The van der Waals surface area contributed by atoms with Crippen molar-refractivity contribution in [3.63, 3.8) is 0 Å². The van der Waals surface area contributed by atoms with E-state index in [1.54, 1.807) is 60.7 Å². The summed E-state index contributed by atoms with van der Waals surface area (Å²) in [5.41, 5.74) is 1.30. The number of carbonyl (C=O) groups excluding carboxylic acids is 8. The first-order valence-electron chi connectivity index (χ1n) is 24.3. The number of carbonyl (C=O) groups is 8. The van der Waals surface area contributed by atoms with Crippen LogP contribution in [0.4, 0.5) is 0 Å². The standard InChI is InChI=1S/C53H78N4O12/c1-32(2)25-26-40-50(62)66-36(9)46(58)55(12)43(29-35(7)8)53(65)69-45(31-39-23-19-16-20-24-39)49(61)57(14)41(27-33(3)4)51(63)67-37(10)47(59)56(13)42(28-34(5)6)52(64)68-44(48(60)54(40)11)30-38-21-17-15-18-22-38/h15-24,32-37,40-45H,25-31H2,1-14H3. The summed E-state index contributed by atoms with van der Waals surface area (Å²) in [6, 6.07) is 12.8. The Bertz CT molecular complexity index is 2040. The van der Waals surface area contributed by atoms with Crippen molar-refractivity contribution in [1.82, 2.24) is 19.6 Å². The van der Waals surface area contributed by atoms with Gasteiger partial charge in [0.05, 0.1) is 0 Å². The molecule has 1 heterocycles. The zero-order valence-corrected chi connectivity index (χ0v) is 43.3. The molecule has 0 aromatic heterocycles. The van der Waals surface area contributed by atoms with Gasteiger partial charge in [-0.1, -0.05) is 116 Å². The molecule has 0 saturated carbocycles. The number of nitrogens with zero attached hydrogens (tertiary/aromatic N) is 4. The van der Waals surface area contributed by atoms with Gasteiger partial charge in [0.2, 0.25) is 0 Å². The summed E-state index contributed by atoms with van der Waals surface area (Å²) in [4.78, 5) is 120. The van der Waals surface area contributed by atoms with Gasteiger partial charge in [-0.05, 0) is 80.8 Å². The molecule has 0 aliphatic carbocycles. The lowest BCUT2D eigenvalue weighted by atomic mass is 10.00. The Morgan fingerprint density at radius 2 is 0.696 bits per heavy atom. The lowest BCUT2D eigenvalue weighted by molar-refractivity contribution is -0.176. The van der Waals surface area contributed by atoms with Crippen LogP contribution in [0, 0.1) is 23.7 Å². The molecule has 2 aromatic carbocycles. The Balaban J connectivity index is 2.25. The second-order valence-electron chi connectivity index (χ2n) is 20.1. The Morgan fingerprint density at radius 1 is 0.406 bits per heavy atom. The van der Waals surface area contributed by atoms with Crippen molar-refractivity contribution in [3.8, 4) is 0 Å². The van der Waals surface area contributed by atoms with Gasteiger partial charge in [0.15, 0.2) is 24.4 Å². The van der Waals surface area contributed by atoms with E-state index in [4.69, 9.17) is 18.9 Å². The van der Waals surface area contributed by atoms with Crippen LogP contribution in [-0.2, 0) is 70.1 Å². The molecule has 16 heteroatoms. The fraction of sp³-hybridized carbons (Fsp3) is 0.623. The number of rotatable bonds is 13. The monoisotopic (exact) mass is 963 g/mol. The van der Waals surface area contributed by atoms with Gasteiger partial charge in [-0.15, -0.1) is 0 Å². The first-order valence-corrected chi connectivity index (χ1v) is 24.3. The highest BCUT2D eigenvalue weighted by Gasteiger charge is 2.42. The van der Waals surface area contributed by atoms with Crippen molar-refractivity contribution in [2.75, 3.05) is 28.2 Å². The molecule has 1 aliphatic heterocycles. The van der Waals surface area contributed by atoms with Crippen molar-refractivity contribution in [2.24, 2.45) is 23.7 Å². The minimum Gasteiger partial charge on any atom is -0.451 e. The van der Waals surface area contributed by atoms with Crippen molar-refractivity contribution in [2.45, 2.75) is 163 Å². The van der Waals surface area contributed by atoms with Gasteiger partial charge >= 0.3 is 23.9 Å². The average Bonchev–Trinajstić information content (AvgIpc) is 3.29. The fourth-order valence-electron chi connectivity index (χ4n) is 8.24. The first-order chi connectivity index (χ1) is 32.3. The highest BCUT2D eigenvalue weighted by molar-refractivity contribution is 5.94. The van der Waals surface area contributed by atoms with Crippen LogP contribution in [0.3, 0.4) is 0 Å². The number of esters is 4. The third kappa shape index (κ3) is 17.0. The molecular weight excluding hydrogens is 885 g/mol. The Labute approximate surface area is 409 Å². The number of hydrogen-bond donors (Lipinski definition) is 0. The second kappa shape index (κ2) is 26.8. The SMILES string of the molecule is CC(C)CCC1C(=O)OC(C)C(=O)N(C)C(CC(C)C)C(=O)OC(Cc2ccccc2)C(=O)N(C)C(CC(C)C)C(=O)OC(C)C(=O)N(C)C(CC(C)C)C(=O)OC(Cc2ccccc2)C(=O)N1C. The van der Waals surface area contributed by atoms with Gasteiger partial charge in [0, 0.05) is 41.0 Å². The van der Waals surface area contributed by atoms with Crippen molar-refractivity contribution >= 4 is 47.5 Å². The number of ether oxygens (including phenoxy) is 4. The zero-order valence-electron chi connectivity index (χ0n) is 43.3. The van der Waals surface area contributed by atoms with Gasteiger partial charge in [-0.2, -0.15) is 0 Å². The molecule has 16 nitrogen and oxygen atoms in total. The summed E-state index contributed by atoms with van der Waals surface area (Å²) in [6.45, 7) is 17.8. The lowest BCUT2D eigenvalue weighted by Crippen LogP contribution is -2.54. The first kappa shape index (κ1) is 57.5. The van der Waals surface area contributed by atoms with E-state index in [1.165, 1.54) is 46.9 Å². The Hall–Kier alpha value is -5.80. The molecule has 8 unspecified atom stereocenters. The molecule has 1 aliphatic rings. The topological polar surface area (TPSA) is 186 Å². The highest BCUT2D eigenvalue weighted by Crippen LogP contribution is 2.24. The summed E-state index contributed by atoms with van der Waals surface area (Å²) in [5.74, 6) is -6.85. The van der Waals surface area contributed by atoms with Crippen LogP contribution in [0.1, 0.15) is 112 Å². The second-order valence-corrected chi connectivity index (χ2v) is 20.1. The number of hydrogen-bond acceptors (Lipinski definition) is 12. The maximum Gasteiger partial charge on any atom is 0.329 e. The Kier molecular flexibility index (Phi) is 22.4. The third-order valence-electron chi connectivity index (χ3n) is 12.3. The van der Waals surface area contributed by atoms with Crippen LogP contribution < -0.4 is 0 Å². The minimum atomic E-state index is -1.47. The molecule has 382 valence electrons. The van der Waals surface area contributed by atoms with E-state index in [2.05, 4.69) is 0 Å². The van der Waals surface area contributed by atoms with E-state index in [1.807, 2.05) is 55.4 Å². The van der Waals surface area contributed by atoms with Crippen molar-refractivity contribution in [1.29, 1.82) is 0 Å². The van der Waals surface area contributed by atoms with E-state index in [0.717, 1.165) is 14.7 Å². The van der Waals surface area contributed by atoms with Crippen LogP contribution in [0.15, 0.2) is 60.7 Å². The zero-order chi connectivity index (χ0) is 51.9. The summed E-state index contributed by atoms with van der Waals surface area (Å²) in [7, 11) is 5.59. The van der Waals surface area contributed by atoms with Gasteiger partial charge < -0.3 is 38.5 Å². The average molecular weight is 963 g/mol. The molecule has 1 saturated heterocycles. The van der Waals surface area contributed by atoms with Crippen molar-refractivity contribution < 1.29 is 57.3 Å². The van der Waals surface area contributed by atoms with E-state index in [0.29, 0.717) is 17.5 Å². The van der Waals surface area contributed by atoms with E-state index in [-0.39, 0.29) is 62.2 Å². The third-order valence-corrected chi connectivity index (χ3v) is 12.3. The largest absolute Gasteiger partial charge is 0.451 e. The molecule has 4 amide bonds. The van der Waals surface area contributed by atoms with Gasteiger partial charge in [-0.25, -0.2) is 19.2 Å². The lowest BCUT2D eigenvalue weighted by Gasteiger charge is -2.35. The van der Waals surface area contributed by atoms with Crippen LogP contribution >= 0.6 is 0 Å². The molecule has 0 radical (unpaired) electrons. The van der Waals surface area contributed by atoms with Crippen LogP contribution in [0.5, 0.6) is 0 Å². The Morgan fingerprint density at radius 3 is 1.01 bits per heavy atom. The molecule has 2 aromatic rings. The van der Waals surface area contributed by atoms with Crippen molar-refractivity contribution in [3.05, 3.63) is 71.8 Å². The maximum absolute atomic E-state index is 14.7. The van der Waals surface area contributed by atoms with E-state index in [9.17, 15) is 38.4 Å². The van der Waals surface area contributed by atoms with Crippen LogP contribution in [-0.4, -0.2) is 144 Å². The summed E-state index contributed by atoms with van der Waals surface area (Å²) in [6.07, 6.45) is -5.04. The van der Waals surface area contributed by atoms with Crippen LogP contribution in [0.2, 0.25) is 0 Å². The molecule has 0 N–H and O–H groups in total. The molecule has 69 heavy (non-hydrogen) atoms. The van der Waals surface area contributed by atoms with E-state index >= 15 is 0 Å². The molecule has 3 rings (SSSR count). The van der Waals surface area contributed by atoms with Gasteiger partial charge in [-0.3, -0.25) is 19.2 Å². The molecular formula is C53H78N4O12. The number of cyclic esters (lactones) is 4. The highest BCUT2D eigenvalue weighted by atomic mass is 16.6. The fourth-order valence-corrected chi connectivity index (χ4v) is 8.24. The minimum absolute atomic E-state index is 0.0789. The number of likely N-dealkylation sites (N-methyl/N-ethyl adjacent to an activating group) is 4. The predicted octanol–water partition coefficient (Wildman–Crippen LogP) is 6.05. The summed E-state index contributed by atoms with van der Waals surface area (Å²) >= 11 is 0. The quantitative estimate of drug-likeness (QED) is 0.167. The smallest absolute Gasteiger partial charge is 0.329 e. The molecule has 8 atom stereocenters. The molecule has 0 bridgehead atoms. The van der Waals surface area contributed by atoms with E-state index < -0.39 is 96.1 Å². The molecule has 0 spiro atoms. The summed E-state index contributed by atoms with van der Waals surface area (Å²) < 4.78 is 23.8. The maximum atomic E-state index is 14.7. The molecule has 1 fully saturated rings. The number of benzene rings is 2. The van der Waals surface area contributed by atoms with Crippen LogP contribution in [0.25, 0.3) is 0 Å². The number of amides is 4. The summed E-state index contributed by atoms with van der Waals surface area (Å²) in [5, 5.41) is 0. The predicted molar refractivity (Wildman–Crippen MR) is 260 cm³/mol. The van der Waals surface area contributed by atoms with Gasteiger partial charge in [0.25, 0.3) is 23.6 Å².